The molecule has 0 heteroatoms. The molecule has 0 saturated carbocycles. The zero-order chi connectivity index (χ0) is 40.7. The molecule has 0 fully saturated rings. The summed E-state index contributed by atoms with van der Waals surface area (Å²) in [6.07, 6.45) is 0. The van der Waals surface area contributed by atoms with Crippen LogP contribution in [0.1, 0.15) is 0 Å². The predicted molar refractivity (Wildman–Crippen MR) is 266 cm³/mol. The predicted octanol–water partition coefficient (Wildman–Crippen LogP) is 17.5. The van der Waals surface area contributed by atoms with E-state index in [1.165, 1.54) is 131 Å². The quantitative estimate of drug-likeness (QED) is 0.147. The van der Waals surface area contributed by atoms with Gasteiger partial charge in [0.25, 0.3) is 0 Å². The Morgan fingerprint density at radius 1 is 0.161 bits per heavy atom. The Bertz CT molecular complexity index is 3800. The van der Waals surface area contributed by atoms with Crippen molar-refractivity contribution in [2.45, 2.75) is 0 Å². The Hall–Kier alpha value is -8.06. The maximum Gasteiger partial charge on any atom is -0.00206 e. The van der Waals surface area contributed by atoms with Crippen LogP contribution in [0.4, 0.5) is 0 Å². The van der Waals surface area contributed by atoms with Crippen LogP contribution >= 0.6 is 0 Å². The van der Waals surface area contributed by atoms with Crippen molar-refractivity contribution < 1.29 is 0 Å². The maximum absolute atomic E-state index is 2.39. The Balaban J connectivity index is 0.930. The Kier molecular flexibility index (Phi) is 7.71. The van der Waals surface area contributed by atoms with Crippen LogP contribution in [0, 0.1) is 0 Å². The molecule has 0 amide bonds. The van der Waals surface area contributed by atoms with Crippen LogP contribution in [0.3, 0.4) is 0 Å². The Labute approximate surface area is 360 Å². The summed E-state index contributed by atoms with van der Waals surface area (Å²) >= 11 is 0. The average molecular weight is 783 g/mol. The fourth-order valence-electron chi connectivity index (χ4n) is 10.3. The molecule has 13 aromatic rings. The molecule has 0 unspecified atom stereocenters. The highest BCUT2D eigenvalue weighted by atomic mass is 14.2. The fourth-order valence-corrected chi connectivity index (χ4v) is 10.3. The molecule has 0 aliphatic carbocycles. The van der Waals surface area contributed by atoms with E-state index in [4.69, 9.17) is 0 Å². The van der Waals surface area contributed by atoms with E-state index in [0.717, 1.165) is 0 Å². The molecule has 13 aromatic carbocycles. The maximum atomic E-state index is 2.39. The highest BCUT2D eigenvalue weighted by molar-refractivity contribution is 6.26. The van der Waals surface area contributed by atoms with Crippen LogP contribution < -0.4 is 0 Å². The first-order valence-electron chi connectivity index (χ1n) is 21.6. The lowest BCUT2D eigenvalue weighted by Gasteiger charge is -2.17. The van der Waals surface area contributed by atoms with Crippen molar-refractivity contribution in [1.82, 2.24) is 0 Å². The molecule has 286 valence electrons. The van der Waals surface area contributed by atoms with Gasteiger partial charge in [-0.15, -0.1) is 0 Å². The summed E-state index contributed by atoms with van der Waals surface area (Å²) in [7, 11) is 0. The molecule has 0 spiro atoms. The van der Waals surface area contributed by atoms with Crippen LogP contribution in [-0.4, -0.2) is 0 Å². The van der Waals surface area contributed by atoms with E-state index >= 15 is 0 Å². The number of hydrogen-bond donors (Lipinski definition) is 0. The van der Waals surface area contributed by atoms with Crippen molar-refractivity contribution in [3.8, 4) is 66.8 Å². The third-order valence-corrected chi connectivity index (χ3v) is 13.3. The minimum Gasteiger partial charge on any atom is -0.0622 e. The van der Waals surface area contributed by atoms with Gasteiger partial charge in [-0.25, -0.2) is 0 Å². The molecule has 0 aliphatic rings. The lowest BCUT2D eigenvalue weighted by atomic mass is 9.87. The topological polar surface area (TPSA) is 0 Å². The van der Waals surface area contributed by atoms with Gasteiger partial charge in [0, 0.05) is 0 Å². The van der Waals surface area contributed by atoms with Gasteiger partial charge in [0.2, 0.25) is 0 Å². The van der Waals surface area contributed by atoms with Gasteiger partial charge in [-0.3, -0.25) is 0 Å². The van der Waals surface area contributed by atoms with Crippen LogP contribution in [0.25, 0.3) is 131 Å². The highest BCUT2D eigenvalue weighted by Crippen LogP contribution is 2.43. The Morgan fingerprint density at radius 3 is 1.03 bits per heavy atom. The van der Waals surface area contributed by atoms with Crippen LogP contribution in [0.2, 0.25) is 0 Å². The van der Waals surface area contributed by atoms with Crippen molar-refractivity contribution in [1.29, 1.82) is 0 Å². The van der Waals surface area contributed by atoms with E-state index in [-0.39, 0.29) is 0 Å². The van der Waals surface area contributed by atoms with Gasteiger partial charge in [0.1, 0.15) is 0 Å². The van der Waals surface area contributed by atoms with Crippen molar-refractivity contribution in [2.24, 2.45) is 0 Å². The van der Waals surface area contributed by atoms with Gasteiger partial charge in [-0.2, -0.15) is 0 Å². The molecule has 0 radical (unpaired) electrons. The molecule has 0 nitrogen and oxygen atoms in total. The summed E-state index contributed by atoms with van der Waals surface area (Å²) in [5.74, 6) is 0. The van der Waals surface area contributed by atoms with Gasteiger partial charge < -0.3 is 0 Å². The number of rotatable bonds is 6. The van der Waals surface area contributed by atoms with Crippen LogP contribution in [0.15, 0.2) is 231 Å². The number of hydrogen-bond acceptors (Lipinski definition) is 0. The lowest BCUT2D eigenvalue weighted by molar-refractivity contribution is 1.56. The monoisotopic (exact) mass is 782 g/mol. The second-order valence-electron chi connectivity index (χ2n) is 16.8. The van der Waals surface area contributed by atoms with Crippen molar-refractivity contribution >= 4 is 64.6 Å². The molecule has 0 N–H and O–H groups in total. The van der Waals surface area contributed by atoms with Gasteiger partial charge in [-0.1, -0.05) is 200 Å². The fraction of sp³-hybridized carbons (Fsp3) is 0. The number of benzene rings is 13. The van der Waals surface area contributed by atoms with Gasteiger partial charge in [0.05, 0.1) is 0 Å². The molecule has 0 bridgehead atoms. The molecule has 0 saturated heterocycles. The summed E-state index contributed by atoms with van der Waals surface area (Å²) in [6.45, 7) is 0. The molecule has 0 aliphatic heterocycles. The summed E-state index contributed by atoms with van der Waals surface area (Å²) in [4.78, 5) is 0. The van der Waals surface area contributed by atoms with E-state index in [1.54, 1.807) is 0 Å². The van der Waals surface area contributed by atoms with E-state index in [9.17, 15) is 0 Å². The molecular weight excluding hydrogens is 745 g/mol. The van der Waals surface area contributed by atoms with Crippen molar-refractivity contribution in [2.75, 3.05) is 0 Å². The van der Waals surface area contributed by atoms with E-state index in [2.05, 4.69) is 231 Å². The second kappa shape index (κ2) is 13.7. The molecule has 0 aromatic heterocycles. The third-order valence-electron chi connectivity index (χ3n) is 13.3. The third kappa shape index (κ3) is 5.54. The molecule has 62 heavy (non-hydrogen) atoms. The first-order chi connectivity index (χ1) is 30.7. The first kappa shape index (κ1) is 34.8. The standard InChI is InChI=1S/C62H38/c1-2-8-39(9-3-1)48-14-6-16-50(34-48)53-36-52(37-54(38-53)56-31-27-47-25-23-43-11-5-13-45-29-33-58(56)62(47)60(43)45)41-20-18-40(19-21-41)49-15-7-17-51(35-49)55-30-26-46-24-22-42-10-4-12-44-28-32-57(55)61(46)59(42)44/h1-38H. The minimum absolute atomic E-state index is 1.19. The average Bonchev–Trinajstić information content (AvgIpc) is 3.35. The molecular formula is C62H38. The van der Waals surface area contributed by atoms with Crippen molar-refractivity contribution in [3.63, 3.8) is 0 Å². The normalized spacial score (nSPS) is 11.9. The van der Waals surface area contributed by atoms with E-state index < -0.39 is 0 Å². The Morgan fingerprint density at radius 2 is 0.484 bits per heavy atom. The highest BCUT2D eigenvalue weighted by Gasteiger charge is 2.16. The first-order valence-corrected chi connectivity index (χ1v) is 21.6. The van der Waals surface area contributed by atoms with Crippen LogP contribution in [-0.2, 0) is 0 Å². The minimum atomic E-state index is 1.19. The zero-order valence-corrected chi connectivity index (χ0v) is 33.9. The summed E-state index contributed by atoms with van der Waals surface area (Å²) in [6, 6.07) is 85.7. The summed E-state index contributed by atoms with van der Waals surface area (Å²) < 4.78 is 0. The molecule has 13 rings (SSSR count). The summed E-state index contributed by atoms with van der Waals surface area (Å²) in [5.41, 5.74) is 14.6. The van der Waals surface area contributed by atoms with E-state index in [0.29, 0.717) is 0 Å². The second-order valence-corrected chi connectivity index (χ2v) is 16.8. The van der Waals surface area contributed by atoms with Gasteiger partial charge in [-0.05, 0) is 162 Å². The zero-order valence-electron chi connectivity index (χ0n) is 33.9. The van der Waals surface area contributed by atoms with Gasteiger partial charge >= 0.3 is 0 Å². The SMILES string of the molecule is c1ccc(-c2cccc(-c3cc(-c4ccc(-c5cccc(-c6ccc7ccc8cccc9ccc6c7c89)c5)cc4)cc(-c4ccc5ccc6cccc7ccc4c5c67)c3)c2)cc1. The molecule has 0 heterocycles. The largest absolute Gasteiger partial charge is 0.0622 e. The van der Waals surface area contributed by atoms with Crippen LogP contribution in [0.5, 0.6) is 0 Å². The van der Waals surface area contributed by atoms with Gasteiger partial charge in [0.15, 0.2) is 0 Å². The summed E-state index contributed by atoms with van der Waals surface area (Å²) in [5, 5.41) is 15.7. The smallest absolute Gasteiger partial charge is 0.00206 e. The lowest BCUT2D eigenvalue weighted by Crippen LogP contribution is -1.90. The van der Waals surface area contributed by atoms with Crippen molar-refractivity contribution in [3.05, 3.63) is 231 Å². The molecule has 0 atom stereocenters. The van der Waals surface area contributed by atoms with E-state index in [1.807, 2.05) is 0 Å².